The smallest absolute Gasteiger partial charge is 0.241 e. The third kappa shape index (κ3) is 3.03. The van der Waals surface area contributed by atoms with Crippen LogP contribution >= 0.6 is 0 Å². The normalized spacial score (nSPS) is 24.4. The second-order valence-corrected chi connectivity index (χ2v) is 4.73. The molecule has 1 aromatic heterocycles. The first kappa shape index (κ1) is 12.0. The second-order valence-electron chi connectivity index (χ2n) is 4.73. The van der Waals surface area contributed by atoms with Gasteiger partial charge < -0.3 is 10.6 Å². The number of aryl methyl sites for hydroxylation is 1. The van der Waals surface area contributed by atoms with Crippen LogP contribution in [0.5, 0.6) is 0 Å². The van der Waals surface area contributed by atoms with Crippen LogP contribution in [0.1, 0.15) is 25.5 Å². The number of pyridine rings is 1. The van der Waals surface area contributed by atoms with Gasteiger partial charge in [0.15, 0.2) is 0 Å². The first-order valence-corrected chi connectivity index (χ1v) is 6.14. The van der Waals surface area contributed by atoms with E-state index in [0.717, 1.165) is 30.8 Å². The fourth-order valence-corrected chi connectivity index (χ4v) is 2.24. The van der Waals surface area contributed by atoms with Crippen LogP contribution in [0.4, 0.5) is 5.69 Å². The number of anilines is 1. The standard InChI is InChI=1S/C13H19N3O/c1-9-4-3-6-15-12(9)13(17)16-11-5-7-14-10(2)8-11/h5,7-9,12,15H,3-4,6H2,1-2H3,(H,14,16,17). The van der Waals surface area contributed by atoms with Crippen LogP contribution < -0.4 is 10.6 Å². The average molecular weight is 233 g/mol. The van der Waals surface area contributed by atoms with E-state index in [0.29, 0.717) is 5.92 Å². The van der Waals surface area contributed by atoms with Crippen LogP contribution in [0.2, 0.25) is 0 Å². The van der Waals surface area contributed by atoms with E-state index in [4.69, 9.17) is 0 Å². The Morgan fingerprint density at radius 3 is 3.12 bits per heavy atom. The molecule has 92 valence electrons. The number of amides is 1. The highest BCUT2D eigenvalue weighted by Gasteiger charge is 2.27. The minimum Gasteiger partial charge on any atom is -0.325 e. The summed E-state index contributed by atoms with van der Waals surface area (Å²) in [5.41, 5.74) is 1.73. The molecule has 2 heterocycles. The Morgan fingerprint density at radius 1 is 1.59 bits per heavy atom. The number of nitrogens with zero attached hydrogens (tertiary/aromatic N) is 1. The highest BCUT2D eigenvalue weighted by atomic mass is 16.2. The molecule has 0 spiro atoms. The van der Waals surface area contributed by atoms with E-state index >= 15 is 0 Å². The zero-order chi connectivity index (χ0) is 12.3. The third-order valence-electron chi connectivity index (χ3n) is 3.22. The molecule has 0 aromatic carbocycles. The molecule has 0 aliphatic carbocycles. The lowest BCUT2D eigenvalue weighted by molar-refractivity contribution is -0.119. The summed E-state index contributed by atoms with van der Waals surface area (Å²) in [6.07, 6.45) is 3.97. The molecular weight excluding hydrogens is 214 g/mol. The predicted octanol–water partition coefficient (Wildman–Crippen LogP) is 1.72. The summed E-state index contributed by atoms with van der Waals surface area (Å²) in [6, 6.07) is 3.63. The number of aromatic nitrogens is 1. The topological polar surface area (TPSA) is 54.0 Å². The van der Waals surface area contributed by atoms with E-state index in [9.17, 15) is 4.79 Å². The van der Waals surface area contributed by atoms with Gasteiger partial charge in [0.05, 0.1) is 6.04 Å². The number of carbonyl (C=O) groups excluding carboxylic acids is 1. The van der Waals surface area contributed by atoms with Crippen LogP contribution in [0.15, 0.2) is 18.3 Å². The molecule has 17 heavy (non-hydrogen) atoms. The number of rotatable bonds is 2. The van der Waals surface area contributed by atoms with Gasteiger partial charge in [-0.2, -0.15) is 0 Å². The van der Waals surface area contributed by atoms with Crippen molar-refractivity contribution < 1.29 is 4.79 Å². The molecule has 2 unspecified atom stereocenters. The fourth-order valence-electron chi connectivity index (χ4n) is 2.24. The van der Waals surface area contributed by atoms with Crippen molar-refractivity contribution in [3.05, 3.63) is 24.0 Å². The van der Waals surface area contributed by atoms with Crippen LogP contribution in [-0.2, 0) is 4.79 Å². The summed E-state index contributed by atoms with van der Waals surface area (Å²) < 4.78 is 0. The van der Waals surface area contributed by atoms with E-state index in [2.05, 4.69) is 22.5 Å². The van der Waals surface area contributed by atoms with Crippen LogP contribution in [0.3, 0.4) is 0 Å². The molecule has 1 fully saturated rings. The average Bonchev–Trinajstić information content (AvgIpc) is 2.29. The Kier molecular flexibility index (Phi) is 3.74. The van der Waals surface area contributed by atoms with Crippen LogP contribution in [0, 0.1) is 12.8 Å². The van der Waals surface area contributed by atoms with Gasteiger partial charge in [-0.25, -0.2) is 0 Å². The zero-order valence-corrected chi connectivity index (χ0v) is 10.4. The summed E-state index contributed by atoms with van der Waals surface area (Å²) in [7, 11) is 0. The third-order valence-corrected chi connectivity index (χ3v) is 3.22. The van der Waals surface area contributed by atoms with Crippen molar-refractivity contribution in [3.63, 3.8) is 0 Å². The van der Waals surface area contributed by atoms with Crippen molar-refractivity contribution in [1.29, 1.82) is 0 Å². The molecule has 4 heteroatoms. The zero-order valence-electron chi connectivity index (χ0n) is 10.4. The Bertz CT molecular complexity index is 405. The summed E-state index contributed by atoms with van der Waals surface area (Å²) in [5, 5.41) is 6.22. The number of piperidine rings is 1. The first-order chi connectivity index (χ1) is 8.16. The Hall–Kier alpha value is -1.42. The van der Waals surface area contributed by atoms with E-state index in [-0.39, 0.29) is 11.9 Å². The van der Waals surface area contributed by atoms with Gasteiger partial charge in [-0.3, -0.25) is 9.78 Å². The highest BCUT2D eigenvalue weighted by molar-refractivity contribution is 5.95. The maximum Gasteiger partial charge on any atom is 0.241 e. The lowest BCUT2D eigenvalue weighted by Crippen LogP contribution is -2.48. The van der Waals surface area contributed by atoms with Crippen molar-refractivity contribution >= 4 is 11.6 Å². The SMILES string of the molecule is Cc1cc(NC(=O)C2NCCCC2C)ccn1. The molecule has 1 aliphatic rings. The number of hydrogen-bond donors (Lipinski definition) is 2. The van der Waals surface area contributed by atoms with Crippen molar-refractivity contribution in [2.75, 3.05) is 11.9 Å². The molecule has 2 atom stereocenters. The van der Waals surface area contributed by atoms with E-state index in [1.54, 1.807) is 6.20 Å². The van der Waals surface area contributed by atoms with Crippen molar-refractivity contribution in [2.45, 2.75) is 32.7 Å². The Morgan fingerprint density at radius 2 is 2.41 bits per heavy atom. The molecule has 1 aliphatic heterocycles. The fraction of sp³-hybridized carbons (Fsp3) is 0.538. The summed E-state index contributed by atoms with van der Waals surface area (Å²) >= 11 is 0. The summed E-state index contributed by atoms with van der Waals surface area (Å²) in [4.78, 5) is 16.2. The molecule has 1 amide bonds. The van der Waals surface area contributed by atoms with Gasteiger partial charge in [0.2, 0.25) is 5.91 Å². The van der Waals surface area contributed by atoms with Crippen LogP contribution in [-0.4, -0.2) is 23.5 Å². The quantitative estimate of drug-likeness (QED) is 0.817. The second kappa shape index (κ2) is 5.27. The predicted molar refractivity (Wildman–Crippen MR) is 67.8 cm³/mol. The molecule has 0 bridgehead atoms. The molecule has 2 N–H and O–H groups in total. The van der Waals surface area contributed by atoms with Gasteiger partial charge in [0.1, 0.15) is 0 Å². The highest BCUT2D eigenvalue weighted by Crippen LogP contribution is 2.17. The van der Waals surface area contributed by atoms with Crippen molar-refractivity contribution in [1.82, 2.24) is 10.3 Å². The van der Waals surface area contributed by atoms with Gasteiger partial charge in [-0.1, -0.05) is 6.92 Å². The monoisotopic (exact) mass is 233 g/mol. The van der Waals surface area contributed by atoms with Gasteiger partial charge in [0, 0.05) is 17.6 Å². The molecule has 1 saturated heterocycles. The molecule has 1 aromatic rings. The van der Waals surface area contributed by atoms with E-state index in [1.165, 1.54) is 0 Å². The van der Waals surface area contributed by atoms with Gasteiger partial charge in [-0.05, 0) is 44.4 Å². The van der Waals surface area contributed by atoms with Gasteiger partial charge >= 0.3 is 0 Å². The molecular formula is C13H19N3O. The first-order valence-electron chi connectivity index (χ1n) is 6.14. The molecule has 2 rings (SSSR count). The summed E-state index contributed by atoms with van der Waals surface area (Å²) in [5.74, 6) is 0.453. The maximum absolute atomic E-state index is 12.1. The Labute approximate surface area is 102 Å². The molecule has 4 nitrogen and oxygen atoms in total. The summed E-state index contributed by atoms with van der Waals surface area (Å²) in [6.45, 7) is 4.96. The number of carbonyl (C=O) groups is 1. The van der Waals surface area contributed by atoms with E-state index < -0.39 is 0 Å². The number of hydrogen-bond acceptors (Lipinski definition) is 3. The maximum atomic E-state index is 12.1. The lowest BCUT2D eigenvalue weighted by Gasteiger charge is -2.28. The van der Waals surface area contributed by atoms with E-state index in [1.807, 2.05) is 19.1 Å². The van der Waals surface area contributed by atoms with Gasteiger partial charge in [0.25, 0.3) is 0 Å². The molecule has 0 saturated carbocycles. The number of nitrogens with one attached hydrogen (secondary N) is 2. The van der Waals surface area contributed by atoms with Gasteiger partial charge in [-0.15, -0.1) is 0 Å². The Balaban J connectivity index is 2.01. The minimum absolute atomic E-state index is 0.0581. The van der Waals surface area contributed by atoms with Crippen molar-refractivity contribution in [2.24, 2.45) is 5.92 Å². The lowest BCUT2D eigenvalue weighted by atomic mass is 9.92. The minimum atomic E-state index is -0.0720. The largest absolute Gasteiger partial charge is 0.325 e. The molecule has 0 radical (unpaired) electrons. The van der Waals surface area contributed by atoms with Crippen LogP contribution in [0.25, 0.3) is 0 Å². The van der Waals surface area contributed by atoms with Crippen molar-refractivity contribution in [3.8, 4) is 0 Å².